The fourth-order valence-electron chi connectivity index (χ4n) is 2.53. The molecule has 0 aliphatic rings. The first kappa shape index (κ1) is 19.2. The van der Waals surface area contributed by atoms with Crippen molar-refractivity contribution in [1.29, 1.82) is 0 Å². The second-order valence-electron chi connectivity index (χ2n) is 6.56. The highest BCUT2D eigenvalue weighted by Gasteiger charge is 2.14. The summed E-state index contributed by atoms with van der Waals surface area (Å²) in [6.07, 6.45) is 0. The number of nitrogens with one attached hydrogen (secondary N) is 1. The van der Waals surface area contributed by atoms with Gasteiger partial charge in [-0.2, -0.15) is 5.10 Å². The number of amides is 1. The highest BCUT2D eigenvalue weighted by Crippen LogP contribution is 2.23. The SMILES string of the molecule is Cc1ccc(Oc2cccc(C(=O)Nc3c(C)nc(N(C)C)nc3C)c2)nn1. The third kappa shape index (κ3) is 4.40. The number of rotatable bonds is 5. The zero-order valence-corrected chi connectivity index (χ0v) is 16.5. The molecule has 8 nitrogen and oxygen atoms in total. The van der Waals surface area contributed by atoms with Crippen molar-refractivity contribution < 1.29 is 9.53 Å². The lowest BCUT2D eigenvalue weighted by molar-refractivity contribution is 0.102. The molecule has 0 unspecified atom stereocenters. The lowest BCUT2D eigenvalue weighted by Gasteiger charge is -2.16. The van der Waals surface area contributed by atoms with Gasteiger partial charge in [0.05, 0.1) is 22.8 Å². The summed E-state index contributed by atoms with van der Waals surface area (Å²) in [5.41, 5.74) is 3.26. The van der Waals surface area contributed by atoms with E-state index in [1.54, 1.807) is 30.3 Å². The maximum atomic E-state index is 12.7. The molecule has 0 aliphatic carbocycles. The molecule has 3 aromatic rings. The molecule has 144 valence electrons. The third-order valence-electron chi connectivity index (χ3n) is 3.99. The summed E-state index contributed by atoms with van der Waals surface area (Å²) in [7, 11) is 3.74. The van der Waals surface area contributed by atoms with Crippen molar-refractivity contribution >= 4 is 17.5 Å². The van der Waals surface area contributed by atoms with Crippen LogP contribution in [0.4, 0.5) is 11.6 Å². The van der Waals surface area contributed by atoms with E-state index in [2.05, 4.69) is 25.5 Å². The monoisotopic (exact) mass is 378 g/mol. The molecule has 0 fully saturated rings. The summed E-state index contributed by atoms with van der Waals surface area (Å²) in [5, 5.41) is 10.8. The molecule has 0 aliphatic heterocycles. The number of carbonyl (C=O) groups is 1. The van der Waals surface area contributed by atoms with Crippen molar-refractivity contribution in [3.8, 4) is 11.6 Å². The van der Waals surface area contributed by atoms with Crippen molar-refractivity contribution in [1.82, 2.24) is 20.2 Å². The summed E-state index contributed by atoms with van der Waals surface area (Å²) < 4.78 is 5.68. The van der Waals surface area contributed by atoms with E-state index in [4.69, 9.17) is 4.74 Å². The Morgan fingerprint density at radius 2 is 1.71 bits per heavy atom. The molecule has 2 aromatic heterocycles. The number of hydrogen-bond acceptors (Lipinski definition) is 7. The third-order valence-corrected chi connectivity index (χ3v) is 3.99. The van der Waals surface area contributed by atoms with Crippen LogP contribution in [0.1, 0.15) is 27.4 Å². The van der Waals surface area contributed by atoms with Gasteiger partial charge in [0.2, 0.25) is 11.8 Å². The van der Waals surface area contributed by atoms with Crippen LogP contribution in [0.5, 0.6) is 11.6 Å². The van der Waals surface area contributed by atoms with Crippen LogP contribution in [0.3, 0.4) is 0 Å². The Morgan fingerprint density at radius 1 is 1.00 bits per heavy atom. The molecule has 0 atom stereocenters. The number of nitrogens with zero attached hydrogens (tertiary/aromatic N) is 5. The van der Waals surface area contributed by atoms with Crippen LogP contribution in [-0.4, -0.2) is 40.2 Å². The van der Waals surface area contributed by atoms with E-state index in [0.29, 0.717) is 40.2 Å². The molecule has 2 heterocycles. The summed E-state index contributed by atoms with van der Waals surface area (Å²) >= 11 is 0. The van der Waals surface area contributed by atoms with Gasteiger partial charge in [-0.25, -0.2) is 9.97 Å². The van der Waals surface area contributed by atoms with E-state index >= 15 is 0 Å². The molecule has 0 saturated heterocycles. The second-order valence-corrected chi connectivity index (χ2v) is 6.56. The van der Waals surface area contributed by atoms with Gasteiger partial charge in [-0.15, -0.1) is 5.10 Å². The number of anilines is 2. The van der Waals surface area contributed by atoms with Crippen LogP contribution in [0.2, 0.25) is 0 Å². The maximum absolute atomic E-state index is 12.7. The predicted molar refractivity (Wildman–Crippen MR) is 107 cm³/mol. The molecule has 28 heavy (non-hydrogen) atoms. The van der Waals surface area contributed by atoms with E-state index in [-0.39, 0.29) is 5.91 Å². The van der Waals surface area contributed by atoms with Crippen LogP contribution in [0, 0.1) is 20.8 Å². The Bertz CT molecular complexity index is 979. The zero-order chi connectivity index (χ0) is 20.3. The van der Waals surface area contributed by atoms with Gasteiger partial charge in [0, 0.05) is 25.7 Å². The molecular weight excluding hydrogens is 356 g/mol. The van der Waals surface area contributed by atoms with E-state index in [0.717, 1.165) is 5.69 Å². The van der Waals surface area contributed by atoms with E-state index in [1.165, 1.54) is 0 Å². The first-order valence-electron chi connectivity index (χ1n) is 8.75. The van der Waals surface area contributed by atoms with Crippen LogP contribution in [0.25, 0.3) is 0 Å². The standard InChI is InChI=1S/C20H22N6O2/c1-12-9-10-17(25-24-12)28-16-8-6-7-15(11-16)19(27)23-18-13(2)21-20(26(4)5)22-14(18)3/h6-11H,1-5H3,(H,23,27). The Kier molecular flexibility index (Phi) is 5.49. The number of carbonyl (C=O) groups excluding carboxylic acids is 1. The van der Waals surface area contributed by atoms with Crippen LogP contribution in [-0.2, 0) is 0 Å². The molecule has 3 rings (SSSR count). The van der Waals surface area contributed by atoms with Crippen molar-refractivity contribution in [3.63, 3.8) is 0 Å². The predicted octanol–water partition coefficient (Wildman–Crippen LogP) is 3.30. The van der Waals surface area contributed by atoms with E-state index < -0.39 is 0 Å². The average Bonchev–Trinajstić information content (AvgIpc) is 2.66. The lowest BCUT2D eigenvalue weighted by Crippen LogP contribution is -2.18. The summed E-state index contributed by atoms with van der Waals surface area (Å²) in [5.74, 6) is 1.19. The van der Waals surface area contributed by atoms with Crippen molar-refractivity contribution in [2.75, 3.05) is 24.3 Å². The van der Waals surface area contributed by atoms with Gasteiger partial charge < -0.3 is 15.0 Å². The molecular formula is C20H22N6O2. The lowest BCUT2D eigenvalue weighted by atomic mass is 10.2. The van der Waals surface area contributed by atoms with Gasteiger partial charge in [-0.05, 0) is 45.0 Å². The van der Waals surface area contributed by atoms with Crippen LogP contribution >= 0.6 is 0 Å². The summed E-state index contributed by atoms with van der Waals surface area (Å²) in [6.45, 7) is 5.53. The normalized spacial score (nSPS) is 10.5. The highest BCUT2D eigenvalue weighted by atomic mass is 16.5. The summed E-state index contributed by atoms with van der Waals surface area (Å²) in [4.78, 5) is 23.4. The number of ether oxygens (including phenoxy) is 1. The average molecular weight is 378 g/mol. The van der Waals surface area contributed by atoms with E-state index in [1.807, 2.05) is 45.8 Å². The zero-order valence-electron chi connectivity index (χ0n) is 16.5. The quantitative estimate of drug-likeness (QED) is 0.728. The fourth-order valence-corrected chi connectivity index (χ4v) is 2.53. The minimum absolute atomic E-state index is 0.271. The molecule has 8 heteroatoms. The topological polar surface area (TPSA) is 93.1 Å². The molecule has 0 spiro atoms. The minimum Gasteiger partial charge on any atom is -0.438 e. The van der Waals surface area contributed by atoms with Gasteiger partial charge in [-0.1, -0.05) is 6.07 Å². The second kappa shape index (κ2) is 7.99. The minimum atomic E-state index is -0.271. The molecule has 1 amide bonds. The van der Waals surface area contributed by atoms with Gasteiger partial charge in [0.25, 0.3) is 5.91 Å². The smallest absolute Gasteiger partial charge is 0.255 e. The van der Waals surface area contributed by atoms with Crippen molar-refractivity contribution in [2.45, 2.75) is 20.8 Å². The van der Waals surface area contributed by atoms with E-state index in [9.17, 15) is 4.79 Å². The molecule has 1 aromatic carbocycles. The first-order chi connectivity index (χ1) is 13.3. The van der Waals surface area contributed by atoms with Gasteiger partial charge >= 0.3 is 0 Å². The van der Waals surface area contributed by atoms with Gasteiger partial charge in [0.1, 0.15) is 5.75 Å². The van der Waals surface area contributed by atoms with Crippen molar-refractivity contribution in [3.05, 3.63) is 59.0 Å². The van der Waals surface area contributed by atoms with Crippen molar-refractivity contribution in [2.24, 2.45) is 0 Å². The Morgan fingerprint density at radius 3 is 2.32 bits per heavy atom. The summed E-state index contributed by atoms with van der Waals surface area (Å²) in [6, 6.07) is 10.4. The van der Waals surface area contributed by atoms with Crippen LogP contribution in [0.15, 0.2) is 36.4 Å². The largest absolute Gasteiger partial charge is 0.438 e. The number of benzene rings is 1. The molecule has 0 saturated carbocycles. The Hall–Kier alpha value is -3.55. The van der Waals surface area contributed by atoms with Gasteiger partial charge in [0.15, 0.2) is 0 Å². The van der Waals surface area contributed by atoms with Gasteiger partial charge in [-0.3, -0.25) is 4.79 Å². The Balaban J connectivity index is 1.79. The number of aryl methyl sites for hydroxylation is 3. The molecule has 1 N–H and O–H groups in total. The highest BCUT2D eigenvalue weighted by molar-refractivity contribution is 6.05. The molecule has 0 bridgehead atoms. The first-order valence-corrected chi connectivity index (χ1v) is 8.75. The molecule has 0 radical (unpaired) electrons. The number of hydrogen-bond donors (Lipinski definition) is 1. The number of aromatic nitrogens is 4. The maximum Gasteiger partial charge on any atom is 0.255 e. The Labute approximate surface area is 163 Å². The fraction of sp³-hybridized carbons (Fsp3) is 0.250. The van der Waals surface area contributed by atoms with Crippen LogP contribution < -0.4 is 15.0 Å².